The molecule has 1 saturated carbocycles. The van der Waals surface area contributed by atoms with Crippen molar-refractivity contribution in [1.82, 2.24) is 0 Å². The summed E-state index contributed by atoms with van der Waals surface area (Å²) in [7, 11) is 1.33. The minimum Gasteiger partial charge on any atom is -0.493 e. The lowest BCUT2D eigenvalue weighted by Gasteiger charge is -2.19. The van der Waals surface area contributed by atoms with E-state index in [9.17, 15) is 22.8 Å². The predicted octanol–water partition coefficient (Wildman–Crippen LogP) is 6.10. The van der Waals surface area contributed by atoms with Crippen molar-refractivity contribution in [2.24, 2.45) is 5.92 Å². The van der Waals surface area contributed by atoms with Crippen molar-refractivity contribution in [3.8, 4) is 23.0 Å². The van der Waals surface area contributed by atoms with Crippen LogP contribution in [0.2, 0.25) is 0 Å². The van der Waals surface area contributed by atoms with Crippen LogP contribution in [0.15, 0.2) is 51.7 Å². The Bertz CT molecular complexity index is 1230. The molecular formula is C24H21F3O6. The fourth-order valence-electron chi connectivity index (χ4n) is 3.85. The second kappa shape index (κ2) is 9.17. The number of fused-ring (bicyclic) bond motifs is 1. The summed E-state index contributed by atoms with van der Waals surface area (Å²) in [5.41, 5.74) is -1.38. The minimum absolute atomic E-state index is 0.00717. The zero-order chi connectivity index (χ0) is 23.6. The van der Waals surface area contributed by atoms with Gasteiger partial charge in [-0.3, -0.25) is 9.59 Å². The number of halogens is 3. The average molecular weight is 462 g/mol. The van der Waals surface area contributed by atoms with Gasteiger partial charge < -0.3 is 18.6 Å². The molecule has 1 fully saturated rings. The van der Waals surface area contributed by atoms with Crippen LogP contribution in [0.5, 0.6) is 23.0 Å². The minimum atomic E-state index is -5.01. The number of carbonyl (C=O) groups excluding carboxylic acids is 1. The van der Waals surface area contributed by atoms with E-state index < -0.39 is 29.1 Å². The van der Waals surface area contributed by atoms with Crippen molar-refractivity contribution in [3.05, 3.63) is 58.4 Å². The lowest BCUT2D eigenvalue weighted by atomic mass is 9.89. The van der Waals surface area contributed by atoms with Gasteiger partial charge in [-0.1, -0.05) is 31.4 Å². The average Bonchev–Trinajstić information content (AvgIpc) is 2.80. The molecule has 4 rings (SSSR count). The maximum absolute atomic E-state index is 13.8. The lowest BCUT2D eigenvalue weighted by Crippen LogP contribution is -2.22. The third-order valence-corrected chi connectivity index (χ3v) is 5.52. The van der Waals surface area contributed by atoms with Gasteiger partial charge in [0.15, 0.2) is 11.5 Å². The van der Waals surface area contributed by atoms with Crippen molar-refractivity contribution in [2.45, 2.75) is 38.3 Å². The third-order valence-electron chi connectivity index (χ3n) is 5.52. The van der Waals surface area contributed by atoms with Crippen LogP contribution in [0, 0.1) is 5.92 Å². The van der Waals surface area contributed by atoms with E-state index in [4.69, 9.17) is 18.6 Å². The maximum Gasteiger partial charge on any atom is 0.453 e. The van der Waals surface area contributed by atoms with Gasteiger partial charge in [-0.2, -0.15) is 13.2 Å². The van der Waals surface area contributed by atoms with Gasteiger partial charge in [-0.15, -0.1) is 0 Å². The van der Waals surface area contributed by atoms with E-state index in [1.165, 1.54) is 37.4 Å². The van der Waals surface area contributed by atoms with Crippen LogP contribution in [0.25, 0.3) is 11.0 Å². The van der Waals surface area contributed by atoms with E-state index in [1.54, 1.807) is 6.07 Å². The summed E-state index contributed by atoms with van der Waals surface area (Å²) in [5.74, 6) is -3.21. The van der Waals surface area contributed by atoms with E-state index >= 15 is 0 Å². The summed E-state index contributed by atoms with van der Waals surface area (Å²) in [6, 6.07) is 9.70. The fraction of sp³-hybridized carbons (Fsp3) is 0.333. The molecule has 0 atom stereocenters. The molecule has 2 aromatic carbocycles. The summed E-state index contributed by atoms with van der Waals surface area (Å²) in [5, 5.41) is -0.148. The normalized spacial score (nSPS) is 14.8. The molecule has 174 valence electrons. The molecule has 1 aromatic heterocycles. The Morgan fingerprint density at radius 1 is 1.03 bits per heavy atom. The standard InChI is InChI=1S/C24H21F3O6/c1-30-17-9-5-6-10-18(17)32-21-20(28)16-12-11-15(13-19(16)33-22(21)24(25,26)27)31-23(29)14-7-3-2-4-8-14/h5-6,9-14H,2-4,7-8H2,1H3. The number of benzene rings is 2. The number of hydrogen-bond donors (Lipinski definition) is 0. The number of rotatable bonds is 5. The van der Waals surface area contributed by atoms with Crippen molar-refractivity contribution < 1.29 is 36.6 Å². The topological polar surface area (TPSA) is 75.0 Å². The van der Waals surface area contributed by atoms with Crippen LogP contribution in [0.1, 0.15) is 37.9 Å². The Morgan fingerprint density at radius 3 is 2.39 bits per heavy atom. The highest BCUT2D eigenvalue weighted by molar-refractivity contribution is 5.82. The first-order valence-electron chi connectivity index (χ1n) is 10.5. The Kier molecular flexibility index (Phi) is 6.31. The Morgan fingerprint density at radius 2 is 1.73 bits per heavy atom. The molecule has 6 nitrogen and oxygen atoms in total. The van der Waals surface area contributed by atoms with Crippen LogP contribution in [0.4, 0.5) is 13.2 Å². The number of hydrogen-bond acceptors (Lipinski definition) is 6. The third kappa shape index (κ3) is 4.81. The second-order valence-electron chi connectivity index (χ2n) is 7.75. The van der Waals surface area contributed by atoms with Gasteiger partial charge >= 0.3 is 12.1 Å². The highest BCUT2D eigenvalue weighted by atomic mass is 19.4. The Hall–Kier alpha value is -3.49. The Labute approximate surface area is 186 Å². The molecule has 1 heterocycles. The van der Waals surface area contributed by atoms with Crippen molar-refractivity contribution in [1.29, 1.82) is 0 Å². The second-order valence-corrected chi connectivity index (χ2v) is 7.75. The molecule has 0 unspecified atom stereocenters. The largest absolute Gasteiger partial charge is 0.493 e. The summed E-state index contributed by atoms with van der Waals surface area (Å²) < 4.78 is 62.1. The predicted molar refractivity (Wildman–Crippen MR) is 113 cm³/mol. The molecule has 0 N–H and O–H groups in total. The fourth-order valence-corrected chi connectivity index (χ4v) is 3.85. The molecule has 9 heteroatoms. The molecular weight excluding hydrogens is 441 g/mol. The van der Waals surface area contributed by atoms with Gasteiger partial charge in [0, 0.05) is 6.07 Å². The van der Waals surface area contributed by atoms with Gasteiger partial charge in [-0.25, -0.2) is 0 Å². The highest BCUT2D eigenvalue weighted by Crippen LogP contribution is 2.40. The number of para-hydroxylation sites is 2. The van der Waals surface area contributed by atoms with Gasteiger partial charge in [0.1, 0.15) is 11.3 Å². The van der Waals surface area contributed by atoms with Gasteiger partial charge in [0.2, 0.25) is 11.2 Å². The molecule has 0 spiro atoms. The van der Waals surface area contributed by atoms with Crippen molar-refractivity contribution in [3.63, 3.8) is 0 Å². The molecule has 3 aromatic rings. The number of ether oxygens (including phenoxy) is 3. The van der Waals surface area contributed by atoms with Crippen LogP contribution in [-0.4, -0.2) is 13.1 Å². The number of esters is 1. The summed E-state index contributed by atoms with van der Waals surface area (Å²) in [4.78, 5) is 25.3. The monoisotopic (exact) mass is 462 g/mol. The molecule has 1 aliphatic carbocycles. The van der Waals surface area contributed by atoms with Crippen LogP contribution < -0.4 is 19.6 Å². The van der Waals surface area contributed by atoms with Gasteiger partial charge in [-0.05, 0) is 37.1 Å². The van der Waals surface area contributed by atoms with E-state index in [1.807, 2.05) is 0 Å². The zero-order valence-electron chi connectivity index (χ0n) is 17.7. The van der Waals surface area contributed by atoms with E-state index in [0.29, 0.717) is 12.8 Å². The quantitative estimate of drug-likeness (QED) is 0.337. The van der Waals surface area contributed by atoms with Gasteiger partial charge in [0.05, 0.1) is 18.4 Å². The lowest BCUT2D eigenvalue weighted by molar-refractivity contribution is -0.154. The summed E-state index contributed by atoms with van der Waals surface area (Å²) in [6.07, 6.45) is -0.677. The number of carbonyl (C=O) groups is 1. The first-order valence-corrected chi connectivity index (χ1v) is 10.5. The van der Waals surface area contributed by atoms with E-state index in [-0.39, 0.29) is 34.1 Å². The van der Waals surface area contributed by atoms with Crippen LogP contribution in [0.3, 0.4) is 0 Å². The van der Waals surface area contributed by atoms with Crippen LogP contribution in [-0.2, 0) is 11.0 Å². The summed E-state index contributed by atoms with van der Waals surface area (Å²) in [6.45, 7) is 0. The molecule has 33 heavy (non-hydrogen) atoms. The zero-order valence-corrected chi connectivity index (χ0v) is 17.7. The smallest absolute Gasteiger partial charge is 0.453 e. The van der Waals surface area contributed by atoms with Gasteiger partial charge in [0.25, 0.3) is 5.76 Å². The SMILES string of the molecule is COc1ccccc1Oc1c(C(F)(F)F)oc2cc(OC(=O)C3CCCCC3)ccc2c1=O. The van der Waals surface area contributed by atoms with Crippen molar-refractivity contribution >= 4 is 16.9 Å². The molecule has 0 aliphatic heterocycles. The molecule has 0 bridgehead atoms. The first kappa shape index (κ1) is 22.7. The maximum atomic E-state index is 13.8. The Balaban J connectivity index is 1.73. The molecule has 0 amide bonds. The van der Waals surface area contributed by atoms with E-state index in [2.05, 4.69) is 0 Å². The van der Waals surface area contributed by atoms with E-state index in [0.717, 1.165) is 25.3 Å². The summed E-state index contributed by atoms with van der Waals surface area (Å²) >= 11 is 0. The number of methoxy groups -OCH3 is 1. The first-order chi connectivity index (χ1) is 15.8. The van der Waals surface area contributed by atoms with Crippen molar-refractivity contribution in [2.75, 3.05) is 7.11 Å². The van der Waals surface area contributed by atoms with Crippen LogP contribution >= 0.6 is 0 Å². The highest BCUT2D eigenvalue weighted by Gasteiger charge is 2.41. The molecule has 1 aliphatic rings. The number of alkyl halides is 3. The molecule has 0 saturated heterocycles. The molecule has 0 radical (unpaired) electrons.